The number of hydrogen-bond donors (Lipinski definition) is 2. The third kappa shape index (κ3) is 4.36. The Balaban J connectivity index is 0.00000116. The summed E-state index contributed by atoms with van der Waals surface area (Å²) < 4.78 is 18.7. The number of anilines is 1. The summed E-state index contributed by atoms with van der Waals surface area (Å²) in [5.74, 6) is 5.28. The zero-order valence-corrected chi connectivity index (χ0v) is 13.1. The summed E-state index contributed by atoms with van der Waals surface area (Å²) in [6.07, 6.45) is 1.86. The number of hydrazine groups is 1. The molecule has 0 aliphatic carbocycles. The van der Waals surface area contributed by atoms with Crippen LogP contribution in [-0.4, -0.2) is 30.3 Å². The molecule has 1 amide bonds. The minimum Gasteiger partial charge on any atom is -0.442 e. The van der Waals surface area contributed by atoms with Crippen molar-refractivity contribution in [2.45, 2.75) is 26.9 Å². The van der Waals surface area contributed by atoms with Gasteiger partial charge in [0.05, 0.1) is 18.8 Å². The van der Waals surface area contributed by atoms with Crippen LogP contribution in [0.4, 0.5) is 14.9 Å². The van der Waals surface area contributed by atoms with Gasteiger partial charge in [-0.15, -0.1) is 0 Å². The molecular formula is C15H23FN4O2. The first-order valence-corrected chi connectivity index (χ1v) is 7.15. The summed E-state index contributed by atoms with van der Waals surface area (Å²) in [6.45, 7) is 6.29. The van der Waals surface area contributed by atoms with E-state index in [1.54, 1.807) is 19.1 Å². The van der Waals surface area contributed by atoms with Crippen LogP contribution in [0.25, 0.3) is 0 Å². The molecule has 7 heteroatoms. The Morgan fingerprint density at radius 1 is 1.50 bits per heavy atom. The Kier molecular flexibility index (Phi) is 6.65. The molecule has 1 aromatic carbocycles. The lowest BCUT2D eigenvalue weighted by Gasteiger charge is -2.17. The lowest BCUT2D eigenvalue weighted by molar-refractivity contribution is 0.122. The monoisotopic (exact) mass is 310 g/mol. The van der Waals surface area contributed by atoms with Crippen molar-refractivity contribution in [3.05, 3.63) is 42.0 Å². The Morgan fingerprint density at radius 2 is 2.18 bits per heavy atom. The molecule has 4 N–H and O–H groups in total. The summed E-state index contributed by atoms with van der Waals surface area (Å²) in [6, 6.07) is 4.62. The van der Waals surface area contributed by atoms with Gasteiger partial charge >= 0.3 is 6.09 Å². The van der Waals surface area contributed by atoms with Gasteiger partial charge in [-0.2, -0.15) is 0 Å². The largest absolute Gasteiger partial charge is 0.442 e. The van der Waals surface area contributed by atoms with Crippen molar-refractivity contribution in [2.24, 2.45) is 11.6 Å². The molecule has 1 saturated heterocycles. The SMILES string of the molecule is CC.Cc1ccc(N2CC(CN(N)/C=C\N)OC2=O)cc1F. The van der Waals surface area contributed by atoms with Gasteiger partial charge in [0.15, 0.2) is 0 Å². The molecule has 22 heavy (non-hydrogen) atoms. The number of amides is 1. The summed E-state index contributed by atoms with van der Waals surface area (Å²) >= 11 is 0. The van der Waals surface area contributed by atoms with E-state index in [-0.39, 0.29) is 5.82 Å². The number of nitrogens with two attached hydrogens (primary N) is 2. The number of carbonyl (C=O) groups excluding carboxylic acids is 1. The molecule has 1 aliphatic heterocycles. The van der Waals surface area contributed by atoms with E-state index in [1.165, 1.54) is 28.4 Å². The molecule has 1 aromatic rings. The first-order chi connectivity index (χ1) is 10.5. The first-order valence-electron chi connectivity index (χ1n) is 7.15. The van der Waals surface area contributed by atoms with Gasteiger partial charge in [-0.1, -0.05) is 19.9 Å². The quantitative estimate of drug-likeness (QED) is 0.657. The second-order valence-corrected chi connectivity index (χ2v) is 4.59. The predicted molar refractivity (Wildman–Crippen MR) is 84.3 cm³/mol. The first kappa shape index (κ1) is 17.8. The summed E-state index contributed by atoms with van der Waals surface area (Å²) in [5.41, 5.74) is 6.22. The maximum absolute atomic E-state index is 13.5. The second-order valence-electron chi connectivity index (χ2n) is 4.59. The fourth-order valence-corrected chi connectivity index (χ4v) is 1.98. The van der Waals surface area contributed by atoms with E-state index in [1.807, 2.05) is 13.8 Å². The number of carbonyl (C=O) groups is 1. The van der Waals surface area contributed by atoms with Gasteiger partial charge in [-0.05, 0) is 24.6 Å². The fourth-order valence-electron chi connectivity index (χ4n) is 1.98. The number of ether oxygens (including phenoxy) is 1. The number of benzene rings is 1. The summed E-state index contributed by atoms with van der Waals surface area (Å²) in [7, 11) is 0. The van der Waals surface area contributed by atoms with Gasteiger partial charge in [-0.25, -0.2) is 15.0 Å². The Bertz CT molecular complexity index is 536. The van der Waals surface area contributed by atoms with Crippen LogP contribution in [0, 0.1) is 12.7 Å². The van der Waals surface area contributed by atoms with E-state index in [0.717, 1.165) is 0 Å². The third-order valence-corrected chi connectivity index (χ3v) is 3.03. The van der Waals surface area contributed by atoms with Crippen molar-refractivity contribution >= 4 is 11.8 Å². The van der Waals surface area contributed by atoms with Crippen molar-refractivity contribution < 1.29 is 13.9 Å². The minimum absolute atomic E-state index is 0.310. The van der Waals surface area contributed by atoms with Crippen LogP contribution in [0.3, 0.4) is 0 Å². The fraction of sp³-hybridized carbons (Fsp3) is 0.400. The number of aryl methyl sites for hydroxylation is 1. The van der Waals surface area contributed by atoms with Crippen LogP contribution in [0.2, 0.25) is 0 Å². The van der Waals surface area contributed by atoms with Gasteiger partial charge in [-0.3, -0.25) is 4.90 Å². The minimum atomic E-state index is -0.511. The number of halogens is 1. The van der Waals surface area contributed by atoms with Crippen molar-refractivity contribution in [1.82, 2.24) is 5.01 Å². The van der Waals surface area contributed by atoms with E-state index < -0.39 is 12.2 Å². The molecule has 6 nitrogen and oxygen atoms in total. The van der Waals surface area contributed by atoms with E-state index in [2.05, 4.69) is 0 Å². The molecular weight excluding hydrogens is 287 g/mol. The van der Waals surface area contributed by atoms with E-state index >= 15 is 0 Å². The van der Waals surface area contributed by atoms with E-state index in [4.69, 9.17) is 16.3 Å². The smallest absolute Gasteiger partial charge is 0.414 e. The van der Waals surface area contributed by atoms with Crippen molar-refractivity contribution in [3.63, 3.8) is 0 Å². The molecule has 0 bridgehead atoms. The molecule has 0 aromatic heterocycles. The topological polar surface area (TPSA) is 84.8 Å². The zero-order chi connectivity index (χ0) is 16.7. The summed E-state index contributed by atoms with van der Waals surface area (Å²) in [5, 5.41) is 1.33. The second kappa shape index (κ2) is 8.23. The highest BCUT2D eigenvalue weighted by Gasteiger charge is 2.33. The van der Waals surface area contributed by atoms with Crippen LogP contribution >= 0.6 is 0 Å². The summed E-state index contributed by atoms with van der Waals surface area (Å²) in [4.78, 5) is 13.2. The number of nitrogens with zero attached hydrogens (tertiary/aromatic N) is 2. The van der Waals surface area contributed by atoms with Gasteiger partial charge in [0.1, 0.15) is 11.9 Å². The number of rotatable bonds is 4. The molecule has 1 atom stereocenters. The standard InChI is InChI=1S/C13H17FN4O2.C2H6/c1-9-2-3-10(6-12(9)14)18-8-11(20-13(18)19)7-17(16)5-4-15;1-2/h2-6,11H,7-8,15-16H2,1H3;1-2H3/b5-4-;. The lowest BCUT2D eigenvalue weighted by atomic mass is 10.2. The molecule has 0 saturated carbocycles. The molecule has 122 valence electrons. The van der Waals surface area contributed by atoms with Gasteiger partial charge in [0.2, 0.25) is 0 Å². The Labute approximate surface area is 130 Å². The van der Waals surface area contributed by atoms with Crippen molar-refractivity contribution in [3.8, 4) is 0 Å². The van der Waals surface area contributed by atoms with Crippen LogP contribution in [0.5, 0.6) is 0 Å². The average molecular weight is 310 g/mol. The normalized spacial score (nSPS) is 17.2. The molecule has 1 unspecified atom stereocenters. The zero-order valence-electron chi connectivity index (χ0n) is 13.1. The van der Waals surface area contributed by atoms with E-state index in [0.29, 0.717) is 24.3 Å². The van der Waals surface area contributed by atoms with Crippen molar-refractivity contribution in [1.29, 1.82) is 0 Å². The van der Waals surface area contributed by atoms with Crippen LogP contribution in [0.15, 0.2) is 30.6 Å². The lowest BCUT2D eigenvalue weighted by Crippen LogP contribution is -2.36. The van der Waals surface area contributed by atoms with Gasteiger partial charge in [0, 0.05) is 12.4 Å². The van der Waals surface area contributed by atoms with Gasteiger partial charge in [0.25, 0.3) is 0 Å². The molecule has 0 radical (unpaired) electrons. The highest BCUT2D eigenvalue weighted by molar-refractivity contribution is 5.89. The maximum atomic E-state index is 13.5. The average Bonchev–Trinajstić information content (AvgIpc) is 2.85. The van der Waals surface area contributed by atoms with Crippen LogP contribution in [0.1, 0.15) is 19.4 Å². The Hall–Kier alpha value is -2.28. The predicted octanol–water partition coefficient (Wildman–Crippen LogP) is 2.09. The van der Waals surface area contributed by atoms with E-state index in [9.17, 15) is 9.18 Å². The molecule has 1 aliphatic rings. The molecule has 0 spiro atoms. The molecule has 1 fully saturated rings. The highest BCUT2D eigenvalue weighted by atomic mass is 19.1. The maximum Gasteiger partial charge on any atom is 0.414 e. The number of hydrogen-bond acceptors (Lipinski definition) is 5. The van der Waals surface area contributed by atoms with Crippen LogP contribution < -0.4 is 16.5 Å². The third-order valence-electron chi connectivity index (χ3n) is 3.03. The van der Waals surface area contributed by atoms with Crippen molar-refractivity contribution in [2.75, 3.05) is 18.0 Å². The highest BCUT2D eigenvalue weighted by Crippen LogP contribution is 2.23. The molecule has 1 heterocycles. The number of cyclic esters (lactones) is 1. The Morgan fingerprint density at radius 3 is 2.77 bits per heavy atom. The molecule has 2 rings (SSSR count). The van der Waals surface area contributed by atoms with Crippen LogP contribution in [-0.2, 0) is 4.74 Å². The van der Waals surface area contributed by atoms with Gasteiger partial charge < -0.3 is 15.5 Å².